The van der Waals surface area contributed by atoms with Crippen LogP contribution >= 0.6 is 0 Å². The minimum Gasteiger partial charge on any atom is -0.326 e. The standard InChI is InChI=1S/C20H42N2/c1-2-3-4-5-6-7-8-9-10-11-12-13-14-15-16-17-19-22-20-18-21/h20H,2-19,21H2,1H3. The highest BCUT2D eigenvalue weighted by Gasteiger charge is 1.94. The van der Waals surface area contributed by atoms with Crippen LogP contribution in [-0.2, 0) is 0 Å². The molecule has 0 bridgehead atoms. The van der Waals surface area contributed by atoms with Crippen molar-refractivity contribution in [1.82, 2.24) is 0 Å². The van der Waals surface area contributed by atoms with E-state index in [9.17, 15) is 0 Å². The maximum atomic E-state index is 5.35. The zero-order valence-electron chi connectivity index (χ0n) is 15.3. The Kier molecular flexibility index (Phi) is 20.3. The van der Waals surface area contributed by atoms with Gasteiger partial charge in [-0.2, -0.15) is 0 Å². The van der Waals surface area contributed by atoms with E-state index in [1.54, 1.807) is 0 Å². The van der Waals surface area contributed by atoms with Crippen molar-refractivity contribution in [2.24, 2.45) is 10.7 Å². The Morgan fingerprint density at radius 2 is 0.955 bits per heavy atom. The highest BCUT2D eigenvalue weighted by Crippen LogP contribution is 2.13. The Morgan fingerprint density at radius 1 is 0.591 bits per heavy atom. The van der Waals surface area contributed by atoms with Gasteiger partial charge in [0.1, 0.15) is 0 Å². The molecule has 0 aliphatic carbocycles. The van der Waals surface area contributed by atoms with Crippen molar-refractivity contribution in [1.29, 1.82) is 0 Å². The fourth-order valence-electron chi connectivity index (χ4n) is 2.92. The molecule has 0 radical (unpaired) electrons. The van der Waals surface area contributed by atoms with Gasteiger partial charge in [-0.15, -0.1) is 0 Å². The van der Waals surface area contributed by atoms with Crippen molar-refractivity contribution in [3.63, 3.8) is 0 Å². The summed E-state index contributed by atoms with van der Waals surface area (Å²) in [5.74, 6) is 0. The summed E-state index contributed by atoms with van der Waals surface area (Å²) in [6.45, 7) is 3.84. The van der Waals surface area contributed by atoms with Crippen molar-refractivity contribution >= 4 is 6.21 Å². The minimum absolute atomic E-state index is 0.582. The van der Waals surface area contributed by atoms with Crippen LogP contribution in [0.1, 0.15) is 110 Å². The number of hydrogen-bond donors (Lipinski definition) is 1. The van der Waals surface area contributed by atoms with Gasteiger partial charge >= 0.3 is 0 Å². The molecule has 22 heavy (non-hydrogen) atoms. The summed E-state index contributed by atoms with van der Waals surface area (Å²) in [7, 11) is 0. The van der Waals surface area contributed by atoms with E-state index in [-0.39, 0.29) is 0 Å². The average molecular weight is 311 g/mol. The Balaban J connectivity index is 2.95. The molecule has 132 valence electrons. The summed E-state index contributed by atoms with van der Waals surface area (Å²) >= 11 is 0. The Bertz CT molecular complexity index is 214. The van der Waals surface area contributed by atoms with Crippen LogP contribution in [0.2, 0.25) is 0 Å². The lowest BCUT2D eigenvalue weighted by atomic mass is 10.0. The SMILES string of the molecule is CCCCCCCCCCCCCCCCCCN=CCN. The van der Waals surface area contributed by atoms with Gasteiger partial charge in [0.2, 0.25) is 0 Å². The lowest BCUT2D eigenvalue weighted by Crippen LogP contribution is -1.99. The van der Waals surface area contributed by atoms with Crippen molar-refractivity contribution < 1.29 is 0 Å². The van der Waals surface area contributed by atoms with E-state index in [0.29, 0.717) is 6.54 Å². The van der Waals surface area contributed by atoms with Gasteiger partial charge in [0, 0.05) is 19.3 Å². The van der Waals surface area contributed by atoms with Crippen LogP contribution in [0.4, 0.5) is 0 Å². The fourth-order valence-corrected chi connectivity index (χ4v) is 2.92. The first-order chi connectivity index (χ1) is 10.9. The zero-order valence-corrected chi connectivity index (χ0v) is 15.3. The number of nitrogens with two attached hydrogens (primary N) is 1. The lowest BCUT2D eigenvalue weighted by Gasteiger charge is -2.03. The summed E-state index contributed by atoms with van der Waals surface area (Å²) in [6.07, 6.45) is 24.6. The predicted molar refractivity (Wildman–Crippen MR) is 102 cm³/mol. The van der Waals surface area contributed by atoms with E-state index in [1.807, 2.05) is 6.21 Å². The van der Waals surface area contributed by atoms with E-state index >= 15 is 0 Å². The normalized spacial score (nSPS) is 11.5. The predicted octanol–water partition coefficient (Wildman–Crippen LogP) is 6.28. The van der Waals surface area contributed by atoms with Gasteiger partial charge in [-0.05, 0) is 6.42 Å². The average Bonchev–Trinajstić information content (AvgIpc) is 2.54. The van der Waals surface area contributed by atoms with Gasteiger partial charge in [0.15, 0.2) is 0 Å². The van der Waals surface area contributed by atoms with Gasteiger partial charge in [0.25, 0.3) is 0 Å². The summed E-state index contributed by atoms with van der Waals surface area (Å²) in [4.78, 5) is 4.24. The van der Waals surface area contributed by atoms with E-state index < -0.39 is 0 Å². The van der Waals surface area contributed by atoms with E-state index in [1.165, 1.54) is 103 Å². The van der Waals surface area contributed by atoms with Gasteiger partial charge in [0.05, 0.1) is 0 Å². The largest absolute Gasteiger partial charge is 0.326 e. The summed E-state index contributed by atoms with van der Waals surface area (Å²) in [6, 6.07) is 0. The van der Waals surface area contributed by atoms with Crippen LogP contribution in [-0.4, -0.2) is 19.3 Å². The van der Waals surface area contributed by atoms with Crippen LogP contribution in [0.15, 0.2) is 4.99 Å². The third-order valence-corrected chi connectivity index (χ3v) is 4.38. The molecule has 0 aromatic heterocycles. The number of nitrogens with zero attached hydrogens (tertiary/aromatic N) is 1. The molecule has 0 aromatic rings. The van der Waals surface area contributed by atoms with Crippen LogP contribution in [0.5, 0.6) is 0 Å². The molecule has 0 unspecified atom stereocenters. The molecular formula is C20H42N2. The second-order valence-electron chi connectivity index (χ2n) is 6.63. The smallest absolute Gasteiger partial charge is 0.0385 e. The molecule has 0 aromatic carbocycles. The molecule has 0 heterocycles. The second-order valence-corrected chi connectivity index (χ2v) is 6.63. The van der Waals surface area contributed by atoms with Gasteiger partial charge in [-0.25, -0.2) is 0 Å². The molecule has 0 amide bonds. The summed E-state index contributed by atoms with van der Waals surface area (Å²) in [5, 5.41) is 0. The van der Waals surface area contributed by atoms with Crippen molar-refractivity contribution in [2.75, 3.05) is 13.1 Å². The van der Waals surface area contributed by atoms with Crippen LogP contribution in [0.3, 0.4) is 0 Å². The number of rotatable bonds is 18. The molecule has 0 spiro atoms. The van der Waals surface area contributed by atoms with Gasteiger partial charge < -0.3 is 5.73 Å². The van der Waals surface area contributed by atoms with Crippen molar-refractivity contribution in [3.05, 3.63) is 0 Å². The second kappa shape index (κ2) is 20.6. The number of hydrogen-bond acceptors (Lipinski definition) is 2. The topological polar surface area (TPSA) is 38.4 Å². The molecule has 0 saturated heterocycles. The third kappa shape index (κ3) is 19.6. The van der Waals surface area contributed by atoms with Crippen LogP contribution in [0, 0.1) is 0 Å². The maximum Gasteiger partial charge on any atom is 0.0385 e. The highest BCUT2D eigenvalue weighted by atomic mass is 14.7. The van der Waals surface area contributed by atoms with Crippen LogP contribution < -0.4 is 5.73 Å². The Labute approximate surface area is 140 Å². The van der Waals surface area contributed by atoms with E-state index in [4.69, 9.17) is 5.73 Å². The molecule has 0 fully saturated rings. The van der Waals surface area contributed by atoms with Crippen molar-refractivity contribution in [3.8, 4) is 0 Å². The lowest BCUT2D eigenvalue weighted by molar-refractivity contribution is 0.530. The maximum absolute atomic E-state index is 5.35. The fraction of sp³-hybridized carbons (Fsp3) is 0.950. The molecule has 0 aliphatic heterocycles. The molecule has 0 aliphatic rings. The summed E-state index contributed by atoms with van der Waals surface area (Å²) < 4.78 is 0. The molecule has 0 atom stereocenters. The van der Waals surface area contributed by atoms with E-state index in [0.717, 1.165) is 6.54 Å². The Hall–Kier alpha value is -0.370. The first kappa shape index (κ1) is 21.6. The first-order valence-corrected chi connectivity index (χ1v) is 10.1. The monoisotopic (exact) mass is 310 g/mol. The molecular weight excluding hydrogens is 268 g/mol. The van der Waals surface area contributed by atoms with Crippen LogP contribution in [0.25, 0.3) is 0 Å². The third-order valence-electron chi connectivity index (χ3n) is 4.38. The number of aliphatic imine (C=N–C) groups is 1. The zero-order chi connectivity index (χ0) is 16.1. The van der Waals surface area contributed by atoms with E-state index in [2.05, 4.69) is 11.9 Å². The summed E-state index contributed by atoms with van der Waals surface area (Å²) in [5.41, 5.74) is 5.35. The molecule has 2 nitrogen and oxygen atoms in total. The number of unbranched alkanes of at least 4 members (excludes halogenated alkanes) is 15. The van der Waals surface area contributed by atoms with Gasteiger partial charge in [-0.1, -0.05) is 103 Å². The molecule has 0 rings (SSSR count). The van der Waals surface area contributed by atoms with Crippen molar-refractivity contribution in [2.45, 2.75) is 110 Å². The quantitative estimate of drug-likeness (QED) is 0.235. The minimum atomic E-state index is 0.582. The first-order valence-electron chi connectivity index (χ1n) is 10.1. The van der Waals surface area contributed by atoms with Gasteiger partial charge in [-0.3, -0.25) is 4.99 Å². The molecule has 0 saturated carbocycles. The Morgan fingerprint density at radius 3 is 1.32 bits per heavy atom. The molecule has 2 heteroatoms. The molecule has 2 N–H and O–H groups in total. The highest BCUT2D eigenvalue weighted by molar-refractivity contribution is 5.58.